The van der Waals surface area contributed by atoms with E-state index in [1.54, 1.807) is 16.7 Å². The summed E-state index contributed by atoms with van der Waals surface area (Å²) in [5, 5.41) is 6.61. The largest absolute Gasteiger partial charge is 0.350 e. The van der Waals surface area contributed by atoms with E-state index in [4.69, 9.17) is 5.73 Å². The minimum Gasteiger partial charge on any atom is -0.350 e. The number of nitrogens with two attached hydrogens (primary N) is 1. The molecule has 0 spiro atoms. The lowest BCUT2D eigenvalue weighted by Gasteiger charge is -2.26. The molecule has 1 aromatic carbocycles. The van der Waals surface area contributed by atoms with Gasteiger partial charge >= 0.3 is 6.03 Å². The van der Waals surface area contributed by atoms with E-state index >= 15 is 0 Å². The predicted octanol–water partition coefficient (Wildman–Crippen LogP) is 1.56. The highest BCUT2D eigenvalue weighted by molar-refractivity contribution is 8.01. The number of benzene rings is 1. The van der Waals surface area contributed by atoms with Crippen molar-refractivity contribution >= 4 is 53.5 Å². The van der Waals surface area contributed by atoms with Crippen molar-refractivity contribution < 1.29 is 14.4 Å². The van der Waals surface area contributed by atoms with Crippen LogP contribution in [-0.4, -0.2) is 63.7 Å². The Balaban J connectivity index is 1.34. The highest BCUT2D eigenvalue weighted by atomic mass is 32.2. The number of carbonyl (C=O) groups is 3. The third kappa shape index (κ3) is 5.13. The molecular formula is C21H25N5O3S2. The van der Waals surface area contributed by atoms with Crippen molar-refractivity contribution in [1.82, 2.24) is 15.6 Å². The normalized spacial score (nSPS) is 25.0. The fourth-order valence-electron chi connectivity index (χ4n) is 4.04. The van der Waals surface area contributed by atoms with Crippen LogP contribution in [0.1, 0.15) is 24.0 Å². The zero-order valence-electron chi connectivity index (χ0n) is 17.0. The van der Waals surface area contributed by atoms with E-state index in [-0.39, 0.29) is 23.0 Å². The number of Topliss-reactive ketones (excluding diaryl/α,β-unsaturated/α-hetero) is 1. The molecule has 4 rings (SSSR count). The lowest BCUT2D eigenvalue weighted by atomic mass is 10.0. The Hall–Kier alpha value is -2.30. The smallest absolute Gasteiger partial charge is 0.332 e. The van der Waals surface area contributed by atoms with E-state index in [0.29, 0.717) is 23.9 Å². The fraction of sp³-hybridized carbons (Fsp3) is 0.429. The average molecular weight is 460 g/mol. The molecule has 31 heavy (non-hydrogen) atoms. The molecule has 0 radical (unpaired) electrons. The van der Waals surface area contributed by atoms with Gasteiger partial charge in [-0.05, 0) is 24.0 Å². The van der Waals surface area contributed by atoms with Gasteiger partial charge in [0.2, 0.25) is 5.91 Å². The zero-order valence-corrected chi connectivity index (χ0v) is 18.6. The number of nitrogens with zero attached hydrogens (tertiary/aromatic N) is 2. The summed E-state index contributed by atoms with van der Waals surface area (Å²) in [5.74, 6) is 1.79. The third-order valence-corrected chi connectivity index (χ3v) is 7.87. The number of thioether (sulfide) groups is 2. The summed E-state index contributed by atoms with van der Waals surface area (Å²) in [7, 11) is 0. The first-order valence-corrected chi connectivity index (χ1v) is 12.3. The highest BCUT2D eigenvalue weighted by Crippen LogP contribution is 2.31. The van der Waals surface area contributed by atoms with E-state index in [1.165, 1.54) is 34.7 Å². The molecule has 164 valence electrons. The molecule has 0 saturated carbocycles. The lowest BCUT2D eigenvalue weighted by molar-refractivity contribution is -0.134. The number of rotatable bonds is 7. The van der Waals surface area contributed by atoms with Gasteiger partial charge in [0.05, 0.1) is 17.2 Å². The van der Waals surface area contributed by atoms with Crippen molar-refractivity contribution in [3.8, 4) is 0 Å². The summed E-state index contributed by atoms with van der Waals surface area (Å²) in [4.78, 5) is 38.7. The minimum absolute atomic E-state index is 0.101. The molecule has 1 aliphatic carbocycles. The summed E-state index contributed by atoms with van der Waals surface area (Å²) in [6.45, 7) is 0. The molecule has 1 unspecified atom stereocenters. The van der Waals surface area contributed by atoms with Crippen LogP contribution in [0.25, 0.3) is 6.08 Å². The lowest BCUT2D eigenvalue weighted by Crippen LogP contribution is -2.52. The summed E-state index contributed by atoms with van der Waals surface area (Å²) < 4.78 is 0. The van der Waals surface area contributed by atoms with Gasteiger partial charge in [-0.15, -0.1) is 23.5 Å². The summed E-state index contributed by atoms with van der Waals surface area (Å²) in [6.07, 6.45) is 5.75. The monoisotopic (exact) mass is 459 g/mol. The average Bonchev–Trinajstić information content (AvgIpc) is 3.50. The standard InChI is InChI=1S/C21H25N5O3S2/c22-21(29)25-24-9-16-10-30-12-26(16)20(28)18-19(31-11-23-18)17(27)6-5-13-7-14-3-1-2-4-15(14)8-13/h1-4,7,9,16,18-19,23H,5-6,8,10-12H2,(H3,22,25,29)/t16-,18+,19?/m1/s1. The topological polar surface area (TPSA) is 117 Å². The van der Waals surface area contributed by atoms with E-state index < -0.39 is 12.1 Å². The molecule has 3 amide bonds. The minimum atomic E-state index is -0.750. The van der Waals surface area contributed by atoms with Gasteiger partial charge in [-0.2, -0.15) is 5.10 Å². The van der Waals surface area contributed by atoms with Crippen LogP contribution in [0.4, 0.5) is 4.79 Å². The van der Waals surface area contributed by atoms with Gasteiger partial charge in [-0.25, -0.2) is 10.2 Å². The molecule has 1 aromatic rings. The Bertz CT molecular complexity index is 935. The first-order valence-electron chi connectivity index (χ1n) is 10.1. The number of hydrogen-bond donors (Lipinski definition) is 3. The predicted molar refractivity (Wildman–Crippen MR) is 125 cm³/mol. The van der Waals surface area contributed by atoms with Crippen molar-refractivity contribution in [3.63, 3.8) is 0 Å². The first kappa shape index (κ1) is 21.9. The van der Waals surface area contributed by atoms with Crippen molar-refractivity contribution in [3.05, 3.63) is 41.0 Å². The quantitative estimate of drug-likeness (QED) is 0.421. The van der Waals surface area contributed by atoms with Gasteiger partial charge in [0, 0.05) is 24.3 Å². The Morgan fingerprint density at radius 1 is 1.32 bits per heavy atom. The Morgan fingerprint density at radius 2 is 2.16 bits per heavy atom. The number of fused-ring (bicyclic) bond motifs is 1. The second-order valence-corrected chi connectivity index (χ2v) is 9.82. The van der Waals surface area contributed by atoms with Gasteiger partial charge in [0.1, 0.15) is 11.8 Å². The van der Waals surface area contributed by atoms with E-state index in [9.17, 15) is 14.4 Å². The fourth-order valence-corrected chi connectivity index (χ4v) is 6.33. The Kier molecular flexibility index (Phi) is 6.99. The second-order valence-electron chi connectivity index (χ2n) is 7.69. The number of urea groups is 1. The molecular weight excluding hydrogens is 434 g/mol. The van der Waals surface area contributed by atoms with Gasteiger partial charge in [0.25, 0.3) is 0 Å². The van der Waals surface area contributed by atoms with Gasteiger partial charge in [-0.3, -0.25) is 14.9 Å². The number of hydrazone groups is 1. The molecule has 2 fully saturated rings. The molecule has 8 nitrogen and oxygen atoms in total. The van der Waals surface area contributed by atoms with Crippen LogP contribution in [0.3, 0.4) is 0 Å². The molecule has 10 heteroatoms. The maximum Gasteiger partial charge on any atom is 0.332 e. The third-order valence-electron chi connectivity index (χ3n) is 5.60. The van der Waals surface area contributed by atoms with E-state index in [1.807, 2.05) is 12.1 Å². The maximum atomic E-state index is 13.2. The number of carbonyl (C=O) groups excluding carboxylic acids is 3. The molecule has 0 bridgehead atoms. The maximum absolute atomic E-state index is 13.2. The zero-order chi connectivity index (χ0) is 21.8. The van der Waals surface area contributed by atoms with Crippen molar-refractivity contribution in [1.29, 1.82) is 0 Å². The molecule has 3 atom stereocenters. The Labute approximate surface area is 189 Å². The molecule has 2 heterocycles. The molecule has 2 saturated heterocycles. The summed E-state index contributed by atoms with van der Waals surface area (Å²) in [6, 6.07) is 6.76. The molecule has 3 aliphatic rings. The van der Waals surface area contributed by atoms with Crippen LogP contribution in [0, 0.1) is 0 Å². The number of amides is 3. The van der Waals surface area contributed by atoms with Crippen molar-refractivity contribution in [2.75, 3.05) is 17.5 Å². The number of hydrogen-bond acceptors (Lipinski definition) is 7. The highest BCUT2D eigenvalue weighted by Gasteiger charge is 2.42. The summed E-state index contributed by atoms with van der Waals surface area (Å²) >= 11 is 3.11. The van der Waals surface area contributed by atoms with Crippen LogP contribution in [0.2, 0.25) is 0 Å². The van der Waals surface area contributed by atoms with Gasteiger partial charge in [-0.1, -0.05) is 35.9 Å². The van der Waals surface area contributed by atoms with Crippen LogP contribution >= 0.6 is 23.5 Å². The van der Waals surface area contributed by atoms with Crippen LogP contribution < -0.4 is 16.5 Å². The van der Waals surface area contributed by atoms with Gasteiger partial charge < -0.3 is 10.6 Å². The number of primary amides is 1. The molecule has 2 aliphatic heterocycles. The van der Waals surface area contributed by atoms with E-state index in [0.717, 1.165) is 12.8 Å². The van der Waals surface area contributed by atoms with Crippen LogP contribution in [0.5, 0.6) is 0 Å². The van der Waals surface area contributed by atoms with Crippen LogP contribution in [0.15, 0.2) is 34.9 Å². The number of nitrogens with one attached hydrogen (secondary N) is 2. The SMILES string of the molecule is NC(=O)NN=C[C@@H]1CSCN1C(=O)[C@H]1NCSC1C(=O)CCC1=Cc2ccccc2C1. The van der Waals surface area contributed by atoms with Crippen molar-refractivity contribution in [2.45, 2.75) is 36.6 Å². The van der Waals surface area contributed by atoms with E-state index in [2.05, 4.69) is 34.1 Å². The van der Waals surface area contributed by atoms with Crippen molar-refractivity contribution in [2.24, 2.45) is 10.8 Å². The molecule has 0 aromatic heterocycles. The van der Waals surface area contributed by atoms with Crippen LogP contribution in [-0.2, 0) is 16.0 Å². The first-order chi connectivity index (χ1) is 15.0. The van der Waals surface area contributed by atoms with Gasteiger partial charge in [0.15, 0.2) is 0 Å². The Morgan fingerprint density at radius 3 is 2.97 bits per heavy atom. The summed E-state index contributed by atoms with van der Waals surface area (Å²) in [5.41, 5.74) is 11.0. The number of allylic oxidation sites excluding steroid dienone is 1. The second kappa shape index (κ2) is 9.88. The molecule has 4 N–H and O–H groups in total. The number of ketones is 1.